The lowest BCUT2D eigenvalue weighted by Gasteiger charge is -2.32. The molecule has 1 aliphatic heterocycles. The summed E-state index contributed by atoms with van der Waals surface area (Å²) in [6, 6.07) is 17.2. The number of fused-ring (bicyclic) bond motifs is 2. The van der Waals surface area contributed by atoms with Crippen LogP contribution in [0.1, 0.15) is 57.9 Å². The molecule has 4 aromatic rings. The molecule has 2 atom stereocenters. The van der Waals surface area contributed by atoms with Crippen molar-refractivity contribution in [3.63, 3.8) is 0 Å². The largest absolute Gasteiger partial charge is 0.476 e. The van der Waals surface area contributed by atoms with Gasteiger partial charge < -0.3 is 9.67 Å². The minimum absolute atomic E-state index is 0.0593. The maximum atomic E-state index is 13.6. The van der Waals surface area contributed by atoms with E-state index in [4.69, 9.17) is 4.98 Å². The molecule has 0 saturated heterocycles. The molecule has 35 heavy (non-hydrogen) atoms. The molecule has 178 valence electrons. The van der Waals surface area contributed by atoms with Gasteiger partial charge >= 0.3 is 5.97 Å². The molecule has 2 unspecified atom stereocenters. The summed E-state index contributed by atoms with van der Waals surface area (Å²) >= 11 is 0. The average molecular weight is 469 g/mol. The van der Waals surface area contributed by atoms with Gasteiger partial charge in [-0.1, -0.05) is 49.7 Å². The Morgan fingerprint density at radius 3 is 2.57 bits per heavy atom. The summed E-state index contributed by atoms with van der Waals surface area (Å²) < 4.78 is 1.81. The van der Waals surface area contributed by atoms with Gasteiger partial charge in [-0.25, -0.2) is 9.78 Å². The number of rotatable bonds is 6. The zero-order chi connectivity index (χ0) is 24.5. The number of pyridine rings is 1. The Bertz CT molecular complexity index is 1390. The van der Waals surface area contributed by atoms with Gasteiger partial charge in [-0.15, -0.1) is 0 Å². The summed E-state index contributed by atoms with van der Waals surface area (Å²) in [6.45, 7) is 2.74. The van der Waals surface area contributed by atoms with E-state index in [1.165, 1.54) is 4.90 Å². The van der Waals surface area contributed by atoms with Crippen LogP contribution in [0.4, 0.5) is 5.82 Å². The first-order valence-electron chi connectivity index (χ1n) is 12.0. The lowest BCUT2D eigenvalue weighted by molar-refractivity contribution is 0.0683. The molecule has 2 aromatic carbocycles. The molecule has 0 radical (unpaired) electrons. The smallest absolute Gasteiger partial charge is 0.356 e. The molecule has 1 amide bonds. The van der Waals surface area contributed by atoms with Gasteiger partial charge in [0.25, 0.3) is 5.91 Å². The molecule has 0 spiro atoms. The van der Waals surface area contributed by atoms with Gasteiger partial charge in [0, 0.05) is 37.5 Å². The zero-order valence-corrected chi connectivity index (χ0v) is 19.9. The standard InChI is InChI=1S/C28H28N4O3/c1-3-19-13-16-32-24(28(34)35)26(30-25(32)23(19)17-18-11-14-29-15-12-18)31(2)27(33)22-10-6-8-20-7-4-5-9-21(20)22/h4-12,14-15,19,23H,3,13,16-17H2,1-2H3,(H,34,35). The van der Waals surface area contributed by atoms with Crippen molar-refractivity contribution < 1.29 is 14.7 Å². The summed E-state index contributed by atoms with van der Waals surface area (Å²) in [7, 11) is 1.61. The number of aromatic nitrogens is 3. The Balaban J connectivity index is 1.58. The van der Waals surface area contributed by atoms with Crippen molar-refractivity contribution in [3.8, 4) is 0 Å². The predicted molar refractivity (Wildman–Crippen MR) is 135 cm³/mol. The van der Waals surface area contributed by atoms with Crippen LogP contribution in [0.15, 0.2) is 67.0 Å². The third-order valence-corrected chi connectivity index (χ3v) is 7.18. The zero-order valence-electron chi connectivity index (χ0n) is 19.9. The first kappa shape index (κ1) is 22.8. The summed E-state index contributed by atoms with van der Waals surface area (Å²) in [5.74, 6) is 0.0221. The van der Waals surface area contributed by atoms with Gasteiger partial charge in [0.15, 0.2) is 11.5 Å². The Labute approximate surface area is 204 Å². The first-order valence-corrected chi connectivity index (χ1v) is 12.0. The molecule has 0 aliphatic carbocycles. The van der Waals surface area contributed by atoms with E-state index in [0.717, 1.165) is 41.4 Å². The topological polar surface area (TPSA) is 88.3 Å². The van der Waals surface area contributed by atoms with Crippen LogP contribution in [0.2, 0.25) is 0 Å². The highest BCUT2D eigenvalue weighted by Gasteiger charge is 2.37. The number of amides is 1. The van der Waals surface area contributed by atoms with Gasteiger partial charge in [-0.2, -0.15) is 0 Å². The van der Waals surface area contributed by atoms with Crippen molar-refractivity contribution in [2.24, 2.45) is 5.92 Å². The second kappa shape index (κ2) is 9.33. The number of aromatic carboxylic acids is 1. The minimum Gasteiger partial charge on any atom is -0.476 e. The second-order valence-corrected chi connectivity index (χ2v) is 9.11. The van der Waals surface area contributed by atoms with Gasteiger partial charge in [0.1, 0.15) is 5.82 Å². The molecular weight excluding hydrogens is 440 g/mol. The fourth-order valence-electron chi connectivity index (χ4n) is 5.33. The molecule has 5 rings (SSSR count). The van der Waals surface area contributed by atoms with E-state index >= 15 is 0 Å². The second-order valence-electron chi connectivity index (χ2n) is 9.11. The predicted octanol–water partition coefficient (Wildman–Crippen LogP) is 5.16. The maximum Gasteiger partial charge on any atom is 0.356 e. The van der Waals surface area contributed by atoms with Gasteiger partial charge in [0.05, 0.1) is 0 Å². The molecule has 1 aliphatic rings. The van der Waals surface area contributed by atoms with E-state index in [9.17, 15) is 14.7 Å². The van der Waals surface area contributed by atoms with Gasteiger partial charge in [0.2, 0.25) is 0 Å². The van der Waals surface area contributed by atoms with Crippen LogP contribution >= 0.6 is 0 Å². The van der Waals surface area contributed by atoms with E-state index in [0.29, 0.717) is 18.0 Å². The maximum absolute atomic E-state index is 13.6. The fraction of sp³-hybridized carbons (Fsp3) is 0.286. The number of imidazole rings is 1. The molecular formula is C28H28N4O3. The molecule has 0 fully saturated rings. The summed E-state index contributed by atoms with van der Waals surface area (Å²) in [5.41, 5.74) is 1.73. The van der Waals surface area contributed by atoms with E-state index in [1.807, 2.05) is 53.1 Å². The highest BCUT2D eigenvalue weighted by Crippen LogP contribution is 2.40. The molecule has 3 heterocycles. The molecule has 1 N–H and O–H groups in total. The Morgan fingerprint density at radius 2 is 1.83 bits per heavy atom. The summed E-state index contributed by atoms with van der Waals surface area (Å²) in [5, 5.41) is 12.0. The Hall–Kier alpha value is -4.00. The Morgan fingerprint density at radius 1 is 1.09 bits per heavy atom. The third-order valence-electron chi connectivity index (χ3n) is 7.18. The molecule has 7 nitrogen and oxygen atoms in total. The van der Waals surface area contributed by atoms with Gasteiger partial charge in [-0.3, -0.25) is 14.7 Å². The van der Waals surface area contributed by atoms with E-state index in [2.05, 4.69) is 11.9 Å². The average Bonchev–Trinajstić information content (AvgIpc) is 3.29. The van der Waals surface area contributed by atoms with E-state index < -0.39 is 5.97 Å². The fourth-order valence-corrected chi connectivity index (χ4v) is 5.33. The number of carboxylic acid groups (broad SMARTS) is 1. The van der Waals surface area contributed by atoms with Crippen molar-refractivity contribution in [2.45, 2.75) is 38.6 Å². The minimum atomic E-state index is -1.08. The molecule has 0 bridgehead atoms. The van der Waals surface area contributed by atoms with Crippen molar-refractivity contribution in [1.29, 1.82) is 0 Å². The highest BCUT2D eigenvalue weighted by molar-refractivity contribution is 6.14. The van der Waals surface area contributed by atoms with Crippen LogP contribution in [0.5, 0.6) is 0 Å². The molecule has 7 heteroatoms. The van der Waals surface area contributed by atoms with Crippen LogP contribution in [0.25, 0.3) is 10.8 Å². The monoisotopic (exact) mass is 468 g/mol. The number of nitrogens with zero attached hydrogens (tertiary/aromatic N) is 4. The van der Waals surface area contributed by atoms with Crippen LogP contribution < -0.4 is 4.90 Å². The van der Waals surface area contributed by atoms with Crippen molar-refractivity contribution in [2.75, 3.05) is 11.9 Å². The van der Waals surface area contributed by atoms with Crippen LogP contribution in [-0.4, -0.2) is 38.6 Å². The third kappa shape index (κ3) is 4.07. The normalized spacial score (nSPS) is 17.2. The highest BCUT2D eigenvalue weighted by atomic mass is 16.4. The summed E-state index contributed by atoms with van der Waals surface area (Å²) in [4.78, 5) is 36.4. The number of hydrogen-bond donors (Lipinski definition) is 1. The van der Waals surface area contributed by atoms with Crippen molar-refractivity contribution in [1.82, 2.24) is 14.5 Å². The number of benzene rings is 2. The SMILES string of the molecule is CCC1CCn2c(nc(N(C)C(=O)c3cccc4ccccc34)c2C(=O)O)C1Cc1ccncc1. The lowest BCUT2D eigenvalue weighted by Crippen LogP contribution is -2.29. The van der Waals surface area contributed by atoms with Crippen molar-refractivity contribution in [3.05, 3.63) is 89.6 Å². The van der Waals surface area contributed by atoms with Crippen LogP contribution in [0, 0.1) is 5.92 Å². The number of anilines is 1. The number of carbonyl (C=O) groups excluding carboxylic acids is 1. The number of carbonyl (C=O) groups is 2. The van der Waals surface area contributed by atoms with Crippen LogP contribution in [-0.2, 0) is 13.0 Å². The summed E-state index contributed by atoms with van der Waals surface area (Å²) in [6.07, 6.45) is 6.14. The molecule has 2 aromatic heterocycles. The van der Waals surface area contributed by atoms with Gasteiger partial charge in [-0.05, 0) is 53.3 Å². The number of hydrogen-bond acceptors (Lipinski definition) is 4. The lowest BCUT2D eigenvalue weighted by atomic mass is 9.80. The quantitative estimate of drug-likeness (QED) is 0.422. The van der Waals surface area contributed by atoms with E-state index in [-0.39, 0.29) is 23.3 Å². The molecule has 0 saturated carbocycles. The number of carboxylic acids is 1. The van der Waals surface area contributed by atoms with Crippen molar-refractivity contribution >= 4 is 28.5 Å². The Kier molecular flexibility index (Phi) is 6.07. The van der Waals surface area contributed by atoms with E-state index in [1.54, 1.807) is 25.5 Å². The first-order chi connectivity index (χ1) is 17.0. The van der Waals surface area contributed by atoms with Crippen LogP contribution in [0.3, 0.4) is 0 Å².